The van der Waals surface area contributed by atoms with E-state index in [1.165, 1.54) is 12.0 Å². The molecule has 1 amide bonds. The summed E-state index contributed by atoms with van der Waals surface area (Å²) in [5.74, 6) is -1.38. The van der Waals surface area contributed by atoms with Gasteiger partial charge < -0.3 is 19.3 Å². The number of hydrogen-bond donors (Lipinski definition) is 1. The quantitative estimate of drug-likeness (QED) is 0.117. The van der Waals surface area contributed by atoms with Crippen molar-refractivity contribution in [2.45, 2.75) is 39.7 Å². The summed E-state index contributed by atoms with van der Waals surface area (Å²) in [5.41, 5.74) is 1.20. The molecule has 1 N–H and O–H groups in total. The van der Waals surface area contributed by atoms with E-state index in [0.29, 0.717) is 41.5 Å². The molecule has 10 heteroatoms. The van der Waals surface area contributed by atoms with Gasteiger partial charge in [-0.25, -0.2) is 9.78 Å². The van der Waals surface area contributed by atoms with Crippen molar-refractivity contribution < 1.29 is 33.7 Å². The lowest BCUT2D eigenvalue weighted by Crippen LogP contribution is -2.29. The van der Waals surface area contributed by atoms with Crippen molar-refractivity contribution in [3.05, 3.63) is 75.8 Å². The summed E-state index contributed by atoms with van der Waals surface area (Å²) in [6, 6.07) is 12.6. The van der Waals surface area contributed by atoms with Crippen LogP contribution in [-0.4, -0.2) is 48.1 Å². The van der Waals surface area contributed by atoms with Crippen LogP contribution in [0.3, 0.4) is 0 Å². The van der Waals surface area contributed by atoms with Gasteiger partial charge >= 0.3 is 11.9 Å². The molecule has 1 atom stereocenters. The minimum absolute atomic E-state index is 0.0868. The van der Waals surface area contributed by atoms with E-state index >= 15 is 0 Å². The van der Waals surface area contributed by atoms with Crippen LogP contribution in [0.4, 0.5) is 5.13 Å². The molecule has 1 fully saturated rings. The van der Waals surface area contributed by atoms with Crippen LogP contribution in [0.25, 0.3) is 5.76 Å². The zero-order valence-electron chi connectivity index (χ0n) is 22.2. The molecule has 1 unspecified atom stereocenters. The first-order valence-electron chi connectivity index (χ1n) is 12.6. The van der Waals surface area contributed by atoms with Gasteiger partial charge in [0, 0.05) is 5.56 Å². The van der Waals surface area contributed by atoms with E-state index in [1.54, 1.807) is 55.5 Å². The van der Waals surface area contributed by atoms with Crippen LogP contribution in [0.5, 0.6) is 11.5 Å². The standard InChI is InChI=1S/C29H30N2O7S/c1-5-7-16-38-21-14-10-19(11-15-21)24(32)22-23(18-8-12-20(13-9-18)37-6-2)31(27(34)25(22)33)29-30-17(3)26(39-29)28(35)36-4/h8-15,23,32H,5-7,16H2,1-4H3/b24-22+. The molecule has 0 radical (unpaired) electrons. The lowest BCUT2D eigenvalue weighted by Gasteiger charge is -2.23. The fourth-order valence-corrected chi connectivity index (χ4v) is 5.24. The minimum atomic E-state index is -0.989. The van der Waals surface area contributed by atoms with Crippen molar-refractivity contribution in [2.24, 2.45) is 0 Å². The predicted octanol–water partition coefficient (Wildman–Crippen LogP) is 5.44. The van der Waals surface area contributed by atoms with Gasteiger partial charge in [-0.05, 0) is 62.2 Å². The molecule has 0 bridgehead atoms. The molecule has 1 aromatic heterocycles. The molecule has 39 heavy (non-hydrogen) atoms. The number of aliphatic hydroxyl groups is 1. The van der Waals surface area contributed by atoms with Crippen molar-refractivity contribution >= 4 is 39.9 Å². The van der Waals surface area contributed by atoms with Gasteiger partial charge in [0.15, 0.2) is 5.13 Å². The number of rotatable bonds is 10. The van der Waals surface area contributed by atoms with E-state index in [4.69, 9.17) is 14.2 Å². The largest absolute Gasteiger partial charge is 0.507 e. The van der Waals surface area contributed by atoms with E-state index in [1.807, 2.05) is 6.92 Å². The molecule has 2 aromatic carbocycles. The van der Waals surface area contributed by atoms with Gasteiger partial charge in [0.05, 0.1) is 37.6 Å². The van der Waals surface area contributed by atoms with Gasteiger partial charge in [-0.1, -0.05) is 36.8 Å². The summed E-state index contributed by atoms with van der Waals surface area (Å²) in [7, 11) is 1.26. The van der Waals surface area contributed by atoms with E-state index in [2.05, 4.69) is 11.9 Å². The van der Waals surface area contributed by atoms with Crippen LogP contribution in [-0.2, 0) is 14.3 Å². The number of hydrogen-bond acceptors (Lipinski definition) is 9. The van der Waals surface area contributed by atoms with Gasteiger partial charge in [0.25, 0.3) is 5.78 Å². The van der Waals surface area contributed by atoms with Gasteiger partial charge in [-0.15, -0.1) is 0 Å². The van der Waals surface area contributed by atoms with Crippen molar-refractivity contribution in [1.82, 2.24) is 4.98 Å². The van der Waals surface area contributed by atoms with E-state index in [9.17, 15) is 19.5 Å². The van der Waals surface area contributed by atoms with Crippen molar-refractivity contribution in [3.8, 4) is 11.5 Å². The Hall–Kier alpha value is -4.18. The number of unbranched alkanes of at least 4 members (excludes halogenated alkanes) is 1. The third-order valence-corrected chi connectivity index (χ3v) is 7.34. The SMILES string of the molecule is CCCCOc1ccc(/C(O)=C2\C(=O)C(=O)N(c3nc(C)c(C(=O)OC)s3)C2c2ccc(OCC)cc2)cc1. The molecule has 204 valence electrons. The van der Waals surface area contributed by atoms with Crippen LogP contribution >= 0.6 is 11.3 Å². The van der Waals surface area contributed by atoms with Crippen LogP contribution in [0.15, 0.2) is 54.1 Å². The number of carbonyl (C=O) groups excluding carboxylic acids is 3. The van der Waals surface area contributed by atoms with E-state index in [-0.39, 0.29) is 21.3 Å². The second-order valence-electron chi connectivity index (χ2n) is 8.80. The predicted molar refractivity (Wildman–Crippen MR) is 147 cm³/mol. The number of amides is 1. The highest BCUT2D eigenvalue weighted by atomic mass is 32.1. The molecule has 1 aliphatic heterocycles. The lowest BCUT2D eigenvalue weighted by atomic mass is 9.95. The van der Waals surface area contributed by atoms with Crippen molar-refractivity contribution in [1.29, 1.82) is 0 Å². The maximum Gasteiger partial charge on any atom is 0.350 e. The number of aromatic nitrogens is 1. The summed E-state index contributed by atoms with van der Waals surface area (Å²) < 4.78 is 16.1. The number of carbonyl (C=O) groups is 3. The Balaban J connectivity index is 1.81. The maximum atomic E-state index is 13.4. The summed E-state index contributed by atoms with van der Waals surface area (Å²) in [6.07, 6.45) is 1.92. The summed E-state index contributed by atoms with van der Waals surface area (Å²) >= 11 is 0.948. The Morgan fingerprint density at radius 2 is 1.67 bits per heavy atom. The number of aliphatic hydroxyl groups excluding tert-OH is 1. The molecule has 0 saturated carbocycles. The number of ether oxygens (including phenoxy) is 3. The summed E-state index contributed by atoms with van der Waals surface area (Å²) in [6.45, 7) is 6.62. The summed E-state index contributed by atoms with van der Waals surface area (Å²) in [4.78, 5) is 44.9. The first-order chi connectivity index (χ1) is 18.8. The normalized spacial score (nSPS) is 16.4. The number of thiazole rings is 1. The molecule has 0 spiro atoms. The highest BCUT2D eigenvalue weighted by molar-refractivity contribution is 7.17. The average molecular weight is 551 g/mol. The maximum absolute atomic E-state index is 13.4. The van der Waals surface area contributed by atoms with Crippen LogP contribution in [0.2, 0.25) is 0 Å². The first kappa shape index (κ1) is 27.8. The molecule has 9 nitrogen and oxygen atoms in total. The smallest absolute Gasteiger partial charge is 0.350 e. The highest BCUT2D eigenvalue weighted by Crippen LogP contribution is 2.44. The molecule has 0 aliphatic carbocycles. The number of nitrogens with zero attached hydrogens (tertiary/aromatic N) is 2. The van der Waals surface area contributed by atoms with Crippen molar-refractivity contribution in [2.75, 3.05) is 25.2 Å². The molecular weight excluding hydrogens is 520 g/mol. The fraction of sp³-hybridized carbons (Fsp3) is 0.310. The number of esters is 1. The third kappa shape index (κ3) is 5.65. The van der Waals surface area contributed by atoms with Crippen molar-refractivity contribution in [3.63, 3.8) is 0 Å². The Kier molecular flexibility index (Phi) is 8.65. The van der Waals surface area contributed by atoms with E-state index < -0.39 is 23.7 Å². The zero-order chi connectivity index (χ0) is 28.1. The van der Waals surface area contributed by atoms with Gasteiger partial charge in [-0.2, -0.15) is 0 Å². The van der Waals surface area contributed by atoms with Crippen LogP contribution in [0, 0.1) is 6.92 Å². The monoisotopic (exact) mass is 550 g/mol. The highest BCUT2D eigenvalue weighted by Gasteiger charge is 2.48. The number of methoxy groups -OCH3 is 1. The number of anilines is 1. The Morgan fingerprint density at radius 1 is 1.03 bits per heavy atom. The zero-order valence-corrected chi connectivity index (χ0v) is 23.0. The van der Waals surface area contributed by atoms with Crippen LogP contribution in [0.1, 0.15) is 59.2 Å². The van der Waals surface area contributed by atoms with E-state index in [0.717, 1.165) is 24.2 Å². The first-order valence-corrected chi connectivity index (χ1v) is 13.4. The lowest BCUT2D eigenvalue weighted by molar-refractivity contribution is -0.132. The van der Waals surface area contributed by atoms with Gasteiger partial charge in [-0.3, -0.25) is 14.5 Å². The molecule has 1 saturated heterocycles. The number of ketones is 1. The molecule has 1 aliphatic rings. The summed E-state index contributed by atoms with van der Waals surface area (Å²) in [5, 5.41) is 11.5. The molecule has 3 aromatic rings. The number of benzene rings is 2. The second kappa shape index (κ2) is 12.1. The number of aryl methyl sites for hydroxylation is 1. The molecular formula is C29H30N2O7S. The van der Waals surface area contributed by atoms with Crippen LogP contribution < -0.4 is 14.4 Å². The second-order valence-corrected chi connectivity index (χ2v) is 9.78. The van der Waals surface area contributed by atoms with Gasteiger partial charge in [0.1, 0.15) is 22.1 Å². The topological polar surface area (TPSA) is 115 Å². The molecule has 4 rings (SSSR count). The third-order valence-electron chi connectivity index (χ3n) is 6.21. The Bertz CT molecular complexity index is 1390. The van der Waals surface area contributed by atoms with Gasteiger partial charge in [0.2, 0.25) is 0 Å². The minimum Gasteiger partial charge on any atom is -0.507 e. The Morgan fingerprint density at radius 3 is 2.28 bits per heavy atom. The molecule has 2 heterocycles. The average Bonchev–Trinajstić information content (AvgIpc) is 3.45. The fourth-order valence-electron chi connectivity index (χ4n) is 4.22. The number of Topliss-reactive ketones (excluding diaryl/α,β-unsaturated/α-hetero) is 1. The Labute approximate surface area is 230 Å².